The second-order valence-electron chi connectivity index (χ2n) is 17.0. The summed E-state index contributed by atoms with van der Waals surface area (Å²) in [5, 5.41) is 10.0. The van der Waals surface area contributed by atoms with Crippen LogP contribution in [0, 0.1) is 0 Å². The SMILES string of the molecule is c1ccc(N(c2ccc(-c3ccc4ccc5c(-c6cc(-c7ccncc7)cc(-c7ccncc7)c6)ccc6ccc3c4c65)cc2)c2ccc3c(c2)c2ccccc2n3-c2ccccc2)cc1. The zero-order valence-electron chi connectivity index (χ0n) is 35.9. The zero-order chi connectivity index (χ0) is 43.6. The molecule has 0 fully saturated rings. The molecular formula is C62H40N4. The number of aromatic nitrogens is 3. The molecule has 0 radical (unpaired) electrons. The molecule has 4 nitrogen and oxygen atoms in total. The van der Waals surface area contributed by atoms with Gasteiger partial charge >= 0.3 is 0 Å². The maximum absolute atomic E-state index is 4.30. The minimum atomic E-state index is 1.10. The summed E-state index contributed by atoms with van der Waals surface area (Å²) in [5.74, 6) is 0. The average molecular weight is 841 g/mol. The van der Waals surface area contributed by atoms with Gasteiger partial charge in [0.05, 0.1) is 11.0 Å². The molecule has 3 aromatic heterocycles. The number of para-hydroxylation sites is 3. The predicted octanol–water partition coefficient (Wildman–Crippen LogP) is 16.6. The maximum Gasteiger partial charge on any atom is 0.0542 e. The summed E-state index contributed by atoms with van der Waals surface area (Å²) in [5.41, 5.74) is 16.2. The summed E-state index contributed by atoms with van der Waals surface area (Å²) in [7, 11) is 0. The van der Waals surface area contributed by atoms with Gasteiger partial charge in [0.15, 0.2) is 0 Å². The van der Waals surface area contributed by atoms with Crippen molar-refractivity contribution in [2.75, 3.05) is 4.90 Å². The third-order valence-electron chi connectivity index (χ3n) is 13.3. The molecule has 3 heterocycles. The van der Waals surface area contributed by atoms with Crippen LogP contribution in [0.15, 0.2) is 243 Å². The van der Waals surface area contributed by atoms with Gasteiger partial charge in [-0.1, -0.05) is 115 Å². The Hall–Kier alpha value is -8.86. The van der Waals surface area contributed by atoms with Gasteiger partial charge in [-0.2, -0.15) is 0 Å². The molecule has 0 atom stereocenters. The molecule has 0 bridgehead atoms. The maximum atomic E-state index is 4.30. The molecule has 13 aromatic rings. The van der Waals surface area contributed by atoms with Crippen molar-refractivity contribution in [3.8, 4) is 50.2 Å². The Labute approximate surface area is 382 Å². The normalized spacial score (nSPS) is 11.6. The summed E-state index contributed by atoms with van der Waals surface area (Å²) in [6, 6.07) is 79.7. The van der Waals surface area contributed by atoms with Gasteiger partial charge in [0.2, 0.25) is 0 Å². The summed E-state index contributed by atoms with van der Waals surface area (Å²) in [4.78, 5) is 11.0. The van der Waals surface area contributed by atoms with Crippen molar-refractivity contribution in [1.29, 1.82) is 0 Å². The molecule has 4 heteroatoms. The lowest BCUT2D eigenvalue weighted by molar-refractivity contribution is 1.18. The topological polar surface area (TPSA) is 34.0 Å². The average Bonchev–Trinajstić information content (AvgIpc) is 3.73. The van der Waals surface area contributed by atoms with Crippen LogP contribution in [-0.2, 0) is 0 Å². The van der Waals surface area contributed by atoms with Gasteiger partial charge in [0.1, 0.15) is 0 Å². The van der Waals surface area contributed by atoms with Crippen molar-refractivity contribution in [1.82, 2.24) is 14.5 Å². The molecule has 308 valence electrons. The van der Waals surface area contributed by atoms with Crippen LogP contribution in [0.3, 0.4) is 0 Å². The van der Waals surface area contributed by atoms with Gasteiger partial charge in [0.25, 0.3) is 0 Å². The molecule has 0 N–H and O–H groups in total. The molecule has 0 spiro atoms. The number of hydrogen-bond donors (Lipinski definition) is 0. The Morgan fingerprint density at radius 2 is 0.803 bits per heavy atom. The van der Waals surface area contributed by atoms with Gasteiger partial charge in [-0.15, -0.1) is 0 Å². The van der Waals surface area contributed by atoms with Gasteiger partial charge < -0.3 is 9.47 Å². The van der Waals surface area contributed by atoms with Crippen LogP contribution in [0.4, 0.5) is 17.1 Å². The minimum Gasteiger partial charge on any atom is -0.310 e. The summed E-state index contributed by atoms with van der Waals surface area (Å²) >= 11 is 0. The highest BCUT2D eigenvalue weighted by molar-refractivity contribution is 6.27. The quantitative estimate of drug-likeness (QED) is 0.143. The molecule has 0 saturated heterocycles. The van der Waals surface area contributed by atoms with Gasteiger partial charge in [-0.05, 0) is 180 Å². The first-order chi connectivity index (χ1) is 32.7. The Bertz CT molecular complexity index is 3840. The highest BCUT2D eigenvalue weighted by Crippen LogP contribution is 2.45. The van der Waals surface area contributed by atoms with E-state index in [1.54, 1.807) is 0 Å². The second-order valence-corrected chi connectivity index (χ2v) is 17.0. The highest BCUT2D eigenvalue weighted by Gasteiger charge is 2.20. The first-order valence-corrected chi connectivity index (χ1v) is 22.4. The lowest BCUT2D eigenvalue weighted by Gasteiger charge is -2.26. The van der Waals surface area contributed by atoms with E-state index in [9.17, 15) is 0 Å². The van der Waals surface area contributed by atoms with E-state index in [1.807, 2.05) is 24.8 Å². The fourth-order valence-corrected chi connectivity index (χ4v) is 10.3. The van der Waals surface area contributed by atoms with E-state index < -0.39 is 0 Å². The number of fused-ring (bicyclic) bond motifs is 3. The van der Waals surface area contributed by atoms with E-state index in [0.29, 0.717) is 0 Å². The largest absolute Gasteiger partial charge is 0.310 e. The smallest absolute Gasteiger partial charge is 0.0542 e. The lowest BCUT2D eigenvalue weighted by Crippen LogP contribution is -2.09. The number of anilines is 3. The van der Waals surface area contributed by atoms with Crippen molar-refractivity contribution in [3.05, 3.63) is 243 Å². The number of rotatable bonds is 8. The number of pyridine rings is 2. The highest BCUT2D eigenvalue weighted by atomic mass is 15.1. The van der Waals surface area contributed by atoms with E-state index >= 15 is 0 Å². The second kappa shape index (κ2) is 15.4. The summed E-state index contributed by atoms with van der Waals surface area (Å²) in [6.07, 6.45) is 7.45. The molecule has 0 aliphatic heterocycles. The fourth-order valence-electron chi connectivity index (χ4n) is 10.3. The Morgan fingerprint density at radius 3 is 1.44 bits per heavy atom. The van der Waals surface area contributed by atoms with Crippen molar-refractivity contribution < 1.29 is 0 Å². The first kappa shape index (κ1) is 37.7. The molecule has 0 aliphatic carbocycles. The van der Waals surface area contributed by atoms with Crippen LogP contribution in [0.1, 0.15) is 0 Å². The molecule has 0 unspecified atom stereocenters. The van der Waals surface area contributed by atoms with Crippen molar-refractivity contribution >= 4 is 71.2 Å². The summed E-state index contributed by atoms with van der Waals surface area (Å²) in [6.45, 7) is 0. The minimum absolute atomic E-state index is 1.10. The van der Waals surface area contributed by atoms with Crippen molar-refractivity contribution in [3.63, 3.8) is 0 Å². The van der Waals surface area contributed by atoms with E-state index in [0.717, 1.165) is 45.0 Å². The standard InChI is InChI=1S/C62H40N4/c1-3-9-49(10-4-1)65(52-23-28-60-58(40-52)55-13-7-8-14-59(55)66(60)50-11-5-2-6-12-50)51-21-15-43(16-22-51)53-24-17-44-20-27-57-54(25-18-45-19-26-56(53)61(44)62(45)57)48-38-46(41-29-33-63-34-30-41)37-47(39-48)42-31-35-64-36-32-42/h1-40H. The van der Waals surface area contributed by atoms with Crippen LogP contribution >= 0.6 is 0 Å². The van der Waals surface area contributed by atoms with Crippen LogP contribution in [0.5, 0.6) is 0 Å². The van der Waals surface area contributed by atoms with Crippen LogP contribution in [0.25, 0.3) is 104 Å². The number of benzene rings is 10. The molecule has 10 aromatic carbocycles. The molecule has 0 amide bonds. The molecule has 66 heavy (non-hydrogen) atoms. The number of nitrogens with zero attached hydrogens (tertiary/aromatic N) is 4. The predicted molar refractivity (Wildman–Crippen MR) is 277 cm³/mol. The van der Waals surface area contributed by atoms with Gasteiger partial charge in [-0.25, -0.2) is 0 Å². The Morgan fingerprint density at radius 1 is 0.303 bits per heavy atom. The number of hydrogen-bond acceptors (Lipinski definition) is 3. The first-order valence-electron chi connectivity index (χ1n) is 22.4. The van der Waals surface area contributed by atoms with E-state index in [-0.39, 0.29) is 0 Å². The van der Waals surface area contributed by atoms with Gasteiger partial charge in [0, 0.05) is 58.3 Å². The van der Waals surface area contributed by atoms with E-state index in [2.05, 4.69) is 238 Å². The molecule has 0 saturated carbocycles. The summed E-state index contributed by atoms with van der Waals surface area (Å²) < 4.78 is 2.37. The van der Waals surface area contributed by atoms with E-state index in [1.165, 1.54) is 76.4 Å². The van der Waals surface area contributed by atoms with Crippen molar-refractivity contribution in [2.24, 2.45) is 0 Å². The van der Waals surface area contributed by atoms with Crippen molar-refractivity contribution in [2.45, 2.75) is 0 Å². The third-order valence-corrected chi connectivity index (χ3v) is 13.3. The van der Waals surface area contributed by atoms with Crippen LogP contribution < -0.4 is 4.90 Å². The van der Waals surface area contributed by atoms with Gasteiger partial charge in [-0.3, -0.25) is 9.97 Å². The Kier molecular flexibility index (Phi) is 8.81. The molecule has 13 rings (SSSR count). The molecular weight excluding hydrogens is 801 g/mol. The third kappa shape index (κ3) is 6.22. The molecule has 0 aliphatic rings. The lowest BCUT2D eigenvalue weighted by atomic mass is 9.86. The Balaban J connectivity index is 0.927. The monoisotopic (exact) mass is 840 g/mol. The fraction of sp³-hybridized carbons (Fsp3) is 0. The van der Waals surface area contributed by atoms with Crippen LogP contribution in [-0.4, -0.2) is 14.5 Å². The van der Waals surface area contributed by atoms with E-state index in [4.69, 9.17) is 0 Å². The van der Waals surface area contributed by atoms with Crippen LogP contribution in [0.2, 0.25) is 0 Å². The zero-order valence-corrected chi connectivity index (χ0v) is 35.9.